The molecule has 76 valence electrons. The second-order valence-corrected chi connectivity index (χ2v) is 2.47. The van der Waals surface area contributed by atoms with Gasteiger partial charge >= 0.3 is 31.1 Å². The molecule has 0 spiro atoms. The summed E-state index contributed by atoms with van der Waals surface area (Å²) in [7, 11) is 0. The Hall–Kier alpha value is -0.198. The van der Waals surface area contributed by atoms with E-state index in [9.17, 15) is 4.79 Å². The van der Waals surface area contributed by atoms with Crippen LogP contribution in [-0.2, 0) is 6.54 Å². The quantitative estimate of drug-likeness (QED) is 0.703. The molecule has 0 saturated carbocycles. The molecule has 0 aliphatic heterocycles. The van der Waals surface area contributed by atoms with Gasteiger partial charge in [0.05, 0.1) is 5.88 Å². The summed E-state index contributed by atoms with van der Waals surface area (Å²) in [6.45, 7) is 6.28. The van der Waals surface area contributed by atoms with Gasteiger partial charge in [0.15, 0.2) is 0 Å². The summed E-state index contributed by atoms with van der Waals surface area (Å²) in [6.07, 6.45) is 2.00. The molecular weight excluding hydrogens is 404 g/mol. The first kappa shape index (κ1) is 16.2. The fourth-order valence-corrected chi connectivity index (χ4v) is 0.774. The molecule has 0 amide bonds. The molecule has 1 aromatic heterocycles. The molecule has 0 saturated heterocycles. The van der Waals surface area contributed by atoms with Crippen molar-refractivity contribution >= 4 is 0 Å². The molecule has 1 N–H and O–H groups in total. The second kappa shape index (κ2) is 9.36. The van der Waals surface area contributed by atoms with Gasteiger partial charge in [-0.3, -0.25) is 0 Å². The smallest absolute Gasteiger partial charge is 0.551 e. The van der Waals surface area contributed by atoms with Crippen LogP contribution in [-0.4, -0.2) is 9.67 Å². The summed E-state index contributed by atoms with van der Waals surface area (Å²) in [5.74, 6) is -0.0324. The zero-order valence-electron chi connectivity index (χ0n) is 8.74. The predicted molar refractivity (Wildman–Crippen MR) is 52.5 cm³/mol. The molecule has 0 aliphatic carbocycles. The van der Waals surface area contributed by atoms with Gasteiger partial charge in [0.2, 0.25) is 0 Å². The molecule has 3 nitrogen and oxygen atoms in total. The van der Waals surface area contributed by atoms with Gasteiger partial charge in [-0.1, -0.05) is 0 Å². The van der Waals surface area contributed by atoms with Crippen molar-refractivity contribution in [1.82, 2.24) is 4.57 Å². The molecule has 0 fully saturated rings. The number of nitrogens with zero attached hydrogens (tertiary/aromatic N) is 1. The van der Waals surface area contributed by atoms with Crippen molar-refractivity contribution in [2.45, 2.75) is 27.3 Å². The number of pyridine rings is 1. The van der Waals surface area contributed by atoms with Crippen molar-refractivity contribution in [3.8, 4) is 5.88 Å². The summed E-state index contributed by atoms with van der Waals surface area (Å²) in [5, 5.41) is 9.02. The molecular formula is C10H15NO2U. The SMILES string of the molecule is CCn1c(O)c[c-]cc1=O.C[CH-]C.[U+2]. The Labute approximate surface area is 109 Å². The van der Waals surface area contributed by atoms with Gasteiger partial charge in [-0.2, -0.15) is 19.9 Å². The minimum Gasteiger partial charge on any atom is -0.551 e. The minimum atomic E-state index is -0.220. The fraction of sp³-hybridized carbons (Fsp3) is 0.400. The predicted octanol–water partition coefficient (Wildman–Crippen LogP) is 1.60. The van der Waals surface area contributed by atoms with Crippen LogP contribution in [0.15, 0.2) is 16.9 Å². The molecule has 0 unspecified atom stereocenters. The molecule has 1 heterocycles. The van der Waals surface area contributed by atoms with Gasteiger partial charge in [0, 0.05) is 6.54 Å². The monoisotopic (exact) mass is 419 g/mol. The molecule has 0 aliphatic rings. The van der Waals surface area contributed by atoms with Crippen molar-refractivity contribution in [3.63, 3.8) is 0 Å². The largest absolute Gasteiger partial charge is 2.00 e. The first-order valence-corrected chi connectivity index (χ1v) is 4.21. The van der Waals surface area contributed by atoms with Crippen molar-refractivity contribution in [3.05, 3.63) is 35.0 Å². The zero-order valence-corrected chi connectivity index (χ0v) is 12.9. The summed E-state index contributed by atoms with van der Waals surface area (Å²) in [5.41, 5.74) is -0.220. The van der Waals surface area contributed by atoms with E-state index in [0.29, 0.717) is 6.54 Å². The molecule has 0 bridgehead atoms. The Balaban J connectivity index is 0. The van der Waals surface area contributed by atoms with Crippen molar-refractivity contribution in [2.75, 3.05) is 0 Å². The summed E-state index contributed by atoms with van der Waals surface area (Å²) >= 11 is 0. The molecule has 0 aromatic carbocycles. The topological polar surface area (TPSA) is 42.2 Å². The average molecular weight is 419 g/mol. The van der Waals surface area contributed by atoms with Crippen LogP contribution in [0, 0.1) is 43.6 Å². The number of aromatic hydroxyl groups is 1. The van der Waals surface area contributed by atoms with E-state index in [1.54, 1.807) is 6.92 Å². The van der Waals surface area contributed by atoms with Crippen LogP contribution >= 0.6 is 0 Å². The third-order valence-electron chi connectivity index (χ3n) is 1.28. The number of hydrogen-bond acceptors (Lipinski definition) is 2. The van der Waals surface area contributed by atoms with Gasteiger partial charge in [0.1, 0.15) is 5.56 Å². The van der Waals surface area contributed by atoms with Gasteiger partial charge in [-0.15, -0.1) is 12.1 Å². The first-order chi connectivity index (χ1) is 6.17. The van der Waals surface area contributed by atoms with Crippen molar-refractivity contribution < 1.29 is 36.2 Å². The zero-order chi connectivity index (χ0) is 10.3. The standard InChI is InChI=1S/C7H8NO2.C3H7.U/c1-2-8-6(9)4-3-5-7(8)10;1-3-2;/h4-5,9H,2H2,1H3;3H,1-2H3;/q2*-1;+2. The van der Waals surface area contributed by atoms with Crippen LogP contribution in [0.3, 0.4) is 0 Å². The van der Waals surface area contributed by atoms with E-state index in [2.05, 4.69) is 6.07 Å². The van der Waals surface area contributed by atoms with Crippen LogP contribution in [0.4, 0.5) is 0 Å². The first-order valence-electron chi connectivity index (χ1n) is 4.21. The van der Waals surface area contributed by atoms with Gasteiger partial charge in [-0.25, -0.2) is 0 Å². The second-order valence-electron chi connectivity index (χ2n) is 2.47. The Morgan fingerprint density at radius 3 is 2.29 bits per heavy atom. The van der Waals surface area contributed by atoms with E-state index >= 15 is 0 Å². The third-order valence-corrected chi connectivity index (χ3v) is 1.28. The van der Waals surface area contributed by atoms with E-state index in [1.165, 1.54) is 16.7 Å². The summed E-state index contributed by atoms with van der Waals surface area (Å²) in [4.78, 5) is 10.8. The Morgan fingerprint density at radius 2 is 2.00 bits per heavy atom. The van der Waals surface area contributed by atoms with Gasteiger partial charge < -0.3 is 20.9 Å². The number of aromatic nitrogens is 1. The molecule has 4 heteroatoms. The minimum absolute atomic E-state index is 0. The van der Waals surface area contributed by atoms with Gasteiger partial charge in [0.25, 0.3) is 0 Å². The van der Waals surface area contributed by atoms with Crippen LogP contribution in [0.5, 0.6) is 5.88 Å². The summed E-state index contributed by atoms with van der Waals surface area (Å²) in [6, 6.07) is 5.18. The van der Waals surface area contributed by atoms with Gasteiger partial charge in [-0.05, 0) is 6.92 Å². The number of hydrogen-bond donors (Lipinski definition) is 1. The Morgan fingerprint density at radius 1 is 1.50 bits per heavy atom. The fourth-order valence-electron chi connectivity index (χ4n) is 0.774. The van der Waals surface area contributed by atoms with Crippen LogP contribution in [0.1, 0.15) is 20.8 Å². The van der Waals surface area contributed by atoms with E-state index in [-0.39, 0.29) is 42.6 Å². The van der Waals surface area contributed by atoms with Crippen LogP contribution < -0.4 is 5.56 Å². The summed E-state index contributed by atoms with van der Waals surface area (Å²) < 4.78 is 1.26. The molecule has 14 heavy (non-hydrogen) atoms. The maximum absolute atomic E-state index is 10.8. The Kier molecular flexibility index (Phi) is 10.9. The molecule has 0 radical (unpaired) electrons. The van der Waals surface area contributed by atoms with E-state index in [4.69, 9.17) is 5.11 Å². The van der Waals surface area contributed by atoms with Crippen molar-refractivity contribution in [1.29, 1.82) is 0 Å². The average Bonchev–Trinajstić information content (AvgIpc) is 2.06. The van der Waals surface area contributed by atoms with E-state index < -0.39 is 0 Å². The maximum Gasteiger partial charge on any atom is 2.00 e. The molecule has 0 atom stereocenters. The normalized spacial score (nSPS) is 8.21. The molecule has 1 rings (SSSR count). The molecule has 1 aromatic rings. The van der Waals surface area contributed by atoms with E-state index in [1.807, 2.05) is 20.3 Å². The van der Waals surface area contributed by atoms with Crippen LogP contribution in [0.25, 0.3) is 0 Å². The van der Waals surface area contributed by atoms with Crippen molar-refractivity contribution in [2.24, 2.45) is 0 Å². The maximum atomic E-state index is 10.8. The van der Waals surface area contributed by atoms with Crippen LogP contribution in [0.2, 0.25) is 0 Å². The third kappa shape index (κ3) is 5.51. The Bertz CT molecular complexity index is 296. The number of rotatable bonds is 1. The van der Waals surface area contributed by atoms with E-state index in [0.717, 1.165) is 0 Å².